The van der Waals surface area contributed by atoms with Gasteiger partial charge in [-0.3, -0.25) is 0 Å². The van der Waals surface area contributed by atoms with E-state index in [0.717, 1.165) is 12.8 Å². The number of hydrogen-bond acceptors (Lipinski definition) is 3. The Balaban J connectivity index is 3.53. The van der Waals surface area contributed by atoms with Gasteiger partial charge in [-0.15, -0.1) is 0 Å². The minimum absolute atomic E-state index is 0.317. The molecule has 0 saturated carbocycles. The summed E-state index contributed by atoms with van der Waals surface area (Å²) in [5.74, 6) is -1.89. The second-order valence-electron chi connectivity index (χ2n) is 5.92. The van der Waals surface area contributed by atoms with Crippen molar-refractivity contribution in [1.82, 2.24) is 0 Å². The Hall–Kier alpha value is -0.830. The van der Waals surface area contributed by atoms with Gasteiger partial charge < -0.3 is 9.84 Å². The van der Waals surface area contributed by atoms with E-state index in [1.165, 1.54) is 44.9 Å². The normalized spacial score (nSPS) is 13.8. The summed E-state index contributed by atoms with van der Waals surface area (Å²) in [6, 6.07) is 0. The molecule has 1 unspecified atom stereocenters. The van der Waals surface area contributed by atoms with Gasteiger partial charge in [0, 0.05) is 18.9 Å². The first-order valence-corrected chi connectivity index (χ1v) is 8.00. The predicted molar refractivity (Wildman–Crippen MR) is 83.4 cm³/mol. The number of unbranched alkanes of at least 4 members (excludes halogenated alkanes) is 8. The molecule has 0 amide bonds. The highest BCUT2D eigenvalue weighted by Gasteiger charge is 2.24. The van der Waals surface area contributed by atoms with Crippen molar-refractivity contribution in [3.8, 4) is 0 Å². The summed E-state index contributed by atoms with van der Waals surface area (Å²) in [6.45, 7) is 8.85. The Morgan fingerprint density at radius 3 is 1.95 bits per heavy atom. The van der Waals surface area contributed by atoms with E-state index in [9.17, 15) is 9.90 Å². The molecular weight excluding hydrogens is 252 g/mol. The van der Waals surface area contributed by atoms with Gasteiger partial charge in [-0.1, -0.05) is 64.9 Å². The zero-order chi connectivity index (χ0) is 15.4. The molecule has 0 aromatic rings. The lowest BCUT2D eigenvalue weighted by Crippen LogP contribution is -2.31. The first kappa shape index (κ1) is 19.2. The number of rotatable bonds is 12. The number of carbonyl (C=O) groups is 1. The Labute approximate surface area is 124 Å². The molecule has 118 valence electrons. The van der Waals surface area contributed by atoms with Crippen LogP contribution < -0.4 is 0 Å². The van der Waals surface area contributed by atoms with Crippen molar-refractivity contribution < 1.29 is 14.6 Å². The fourth-order valence-corrected chi connectivity index (χ4v) is 2.10. The summed E-state index contributed by atoms with van der Waals surface area (Å²) in [6.07, 6.45) is 11.5. The van der Waals surface area contributed by atoms with E-state index in [4.69, 9.17) is 4.74 Å². The van der Waals surface area contributed by atoms with Crippen LogP contribution in [0.4, 0.5) is 0 Å². The Kier molecular flexibility index (Phi) is 10.4. The third-order valence-electron chi connectivity index (χ3n) is 3.41. The third-order valence-corrected chi connectivity index (χ3v) is 3.41. The molecule has 0 saturated heterocycles. The van der Waals surface area contributed by atoms with Crippen LogP contribution in [0.2, 0.25) is 0 Å². The standard InChI is InChI=1S/C17H32O3/c1-5-6-7-8-9-10-11-12-13-14-17(4,19)20-16(18)15(2)3/h19H,2,5-14H2,1,3-4H3. The van der Waals surface area contributed by atoms with Gasteiger partial charge in [0.05, 0.1) is 0 Å². The van der Waals surface area contributed by atoms with Crippen molar-refractivity contribution in [2.24, 2.45) is 0 Å². The van der Waals surface area contributed by atoms with Crippen molar-refractivity contribution in [3.63, 3.8) is 0 Å². The summed E-state index contributed by atoms with van der Waals surface area (Å²) < 4.78 is 4.99. The molecule has 1 N–H and O–H groups in total. The van der Waals surface area contributed by atoms with Gasteiger partial charge in [0.1, 0.15) is 0 Å². The van der Waals surface area contributed by atoms with Gasteiger partial charge in [-0.25, -0.2) is 4.79 Å². The average molecular weight is 284 g/mol. The summed E-state index contributed by atoms with van der Waals surface area (Å²) >= 11 is 0. The number of aliphatic hydroxyl groups is 1. The fourth-order valence-electron chi connectivity index (χ4n) is 2.10. The molecule has 0 aliphatic carbocycles. The molecule has 3 nitrogen and oxygen atoms in total. The zero-order valence-corrected chi connectivity index (χ0v) is 13.5. The van der Waals surface area contributed by atoms with Crippen molar-refractivity contribution in [2.75, 3.05) is 0 Å². The Bertz CT molecular complexity index is 282. The minimum atomic E-state index is -1.36. The maximum absolute atomic E-state index is 11.3. The third kappa shape index (κ3) is 11.0. The monoisotopic (exact) mass is 284 g/mol. The lowest BCUT2D eigenvalue weighted by Gasteiger charge is -2.23. The van der Waals surface area contributed by atoms with E-state index in [-0.39, 0.29) is 0 Å². The molecule has 0 aliphatic rings. The maximum atomic E-state index is 11.3. The van der Waals surface area contributed by atoms with Crippen LogP contribution in [0, 0.1) is 0 Å². The molecule has 0 bridgehead atoms. The van der Waals surface area contributed by atoms with Crippen LogP contribution in [0.5, 0.6) is 0 Å². The molecule has 0 aromatic carbocycles. The molecule has 0 aliphatic heterocycles. The number of esters is 1. The summed E-state index contributed by atoms with van der Waals surface area (Å²) in [4.78, 5) is 11.3. The maximum Gasteiger partial charge on any atom is 0.335 e. The molecule has 0 heterocycles. The van der Waals surface area contributed by atoms with Crippen LogP contribution in [0.3, 0.4) is 0 Å². The minimum Gasteiger partial charge on any atom is -0.430 e. The molecule has 3 heteroatoms. The Morgan fingerprint density at radius 1 is 1.05 bits per heavy atom. The molecule has 0 spiro atoms. The van der Waals surface area contributed by atoms with E-state index < -0.39 is 11.8 Å². The van der Waals surface area contributed by atoms with Gasteiger partial charge in [0.15, 0.2) is 0 Å². The summed E-state index contributed by atoms with van der Waals surface area (Å²) in [5, 5.41) is 9.95. The first-order valence-electron chi connectivity index (χ1n) is 8.00. The second-order valence-corrected chi connectivity index (χ2v) is 5.92. The van der Waals surface area contributed by atoms with Crippen molar-refractivity contribution in [1.29, 1.82) is 0 Å². The van der Waals surface area contributed by atoms with E-state index in [1.54, 1.807) is 13.8 Å². The van der Waals surface area contributed by atoms with Crippen LogP contribution >= 0.6 is 0 Å². The molecule has 0 radical (unpaired) electrons. The fraction of sp³-hybridized carbons (Fsp3) is 0.824. The van der Waals surface area contributed by atoms with E-state index in [0.29, 0.717) is 12.0 Å². The molecule has 0 aromatic heterocycles. The van der Waals surface area contributed by atoms with Crippen LogP contribution in [-0.2, 0) is 9.53 Å². The van der Waals surface area contributed by atoms with Crippen molar-refractivity contribution >= 4 is 5.97 Å². The average Bonchev–Trinajstić information content (AvgIpc) is 2.36. The number of hydrogen-bond donors (Lipinski definition) is 1. The smallest absolute Gasteiger partial charge is 0.335 e. The van der Waals surface area contributed by atoms with Gasteiger partial charge in [0.2, 0.25) is 5.79 Å². The van der Waals surface area contributed by atoms with Crippen LogP contribution in [0.25, 0.3) is 0 Å². The Morgan fingerprint density at radius 2 is 1.50 bits per heavy atom. The predicted octanol–water partition coefficient (Wildman–Crippen LogP) is 4.74. The summed E-state index contributed by atoms with van der Waals surface area (Å²) in [7, 11) is 0. The van der Waals surface area contributed by atoms with Gasteiger partial charge in [-0.05, 0) is 13.3 Å². The van der Waals surface area contributed by atoms with E-state index in [1.807, 2.05) is 0 Å². The quantitative estimate of drug-likeness (QED) is 0.244. The first-order chi connectivity index (χ1) is 9.39. The van der Waals surface area contributed by atoms with Gasteiger partial charge >= 0.3 is 5.97 Å². The van der Waals surface area contributed by atoms with Gasteiger partial charge in [0.25, 0.3) is 0 Å². The largest absolute Gasteiger partial charge is 0.430 e. The van der Waals surface area contributed by atoms with E-state index in [2.05, 4.69) is 13.5 Å². The van der Waals surface area contributed by atoms with Crippen LogP contribution in [-0.4, -0.2) is 16.9 Å². The van der Waals surface area contributed by atoms with Crippen molar-refractivity contribution in [2.45, 2.75) is 90.8 Å². The molecular formula is C17H32O3. The summed E-state index contributed by atoms with van der Waals surface area (Å²) in [5.41, 5.74) is 0.317. The molecule has 1 atom stereocenters. The highest BCUT2D eigenvalue weighted by Crippen LogP contribution is 2.18. The number of ether oxygens (including phenoxy) is 1. The zero-order valence-electron chi connectivity index (χ0n) is 13.5. The molecule has 20 heavy (non-hydrogen) atoms. The van der Waals surface area contributed by atoms with Gasteiger partial charge in [-0.2, -0.15) is 0 Å². The SMILES string of the molecule is C=C(C)C(=O)OC(C)(O)CCCCCCCCCCC. The van der Waals surface area contributed by atoms with Crippen LogP contribution in [0.15, 0.2) is 12.2 Å². The number of carbonyl (C=O) groups excluding carboxylic acids is 1. The highest BCUT2D eigenvalue weighted by molar-refractivity contribution is 5.87. The molecule has 0 rings (SSSR count). The molecule has 0 fully saturated rings. The van der Waals surface area contributed by atoms with E-state index >= 15 is 0 Å². The van der Waals surface area contributed by atoms with Crippen molar-refractivity contribution in [3.05, 3.63) is 12.2 Å². The second kappa shape index (κ2) is 10.9. The lowest BCUT2D eigenvalue weighted by molar-refractivity contribution is -0.200. The highest BCUT2D eigenvalue weighted by atomic mass is 16.7. The van der Waals surface area contributed by atoms with Crippen LogP contribution in [0.1, 0.15) is 85.0 Å². The lowest BCUT2D eigenvalue weighted by atomic mass is 10.0. The topological polar surface area (TPSA) is 46.5 Å².